The molecule has 0 amide bonds. The lowest BCUT2D eigenvalue weighted by Crippen LogP contribution is -2.18. The van der Waals surface area contributed by atoms with Crippen molar-refractivity contribution < 1.29 is 19.2 Å². The Morgan fingerprint density at radius 3 is 2.43 bits per heavy atom. The molecule has 0 spiro atoms. The summed E-state index contributed by atoms with van der Waals surface area (Å²) in [5, 5.41) is 9.24. The van der Waals surface area contributed by atoms with E-state index in [0.717, 1.165) is 13.0 Å². The van der Waals surface area contributed by atoms with Crippen LogP contribution in [0.25, 0.3) is 0 Å². The quantitative estimate of drug-likeness (QED) is 0.360. The van der Waals surface area contributed by atoms with Crippen LogP contribution in [-0.2, 0) is 14.1 Å². The topological polar surface area (TPSA) is 66.8 Å². The number of ether oxygens (including phenoxy) is 1. The third-order valence-corrected chi connectivity index (χ3v) is 5.31. The first kappa shape index (κ1) is 20.4. The number of carboxylic acids is 1. The number of hydrogen-bond donors (Lipinski definition) is 1. The molecule has 0 saturated carbocycles. The van der Waals surface area contributed by atoms with Crippen molar-refractivity contribution in [3.8, 4) is 0 Å². The lowest BCUT2D eigenvalue weighted by molar-refractivity contribution is -0.132. The average molecular weight is 319 g/mol. The Kier molecular flexibility index (Phi) is 10.7. The molecular weight excluding hydrogens is 289 g/mol. The number of hydrogen-bond acceptors (Lipinski definition) is 4. The van der Waals surface area contributed by atoms with Crippen molar-refractivity contribution in [2.45, 2.75) is 39.5 Å². The molecule has 5 nitrogen and oxygen atoms in total. The summed E-state index contributed by atoms with van der Waals surface area (Å²) in [5.41, 5.74) is 0.253. The molecule has 0 aromatic carbocycles. The van der Waals surface area contributed by atoms with Crippen LogP contribution in [0.15, 0.2) is 11.6 Å². The second kappa shape index (κ2) is 11.0. The summed E-state index contributed by atoms with van der Waals surface area (Å²) < 4.78 is 17.9. The van der Waals surface area contributed by atoms with E-state index in [4.69, 9.17) is 4.74 Å². The molecule has 0 rings (SSSR count). The van der Waals surface area contributed by atoms with Gasteiger partial charge in [0.2, 0.25) is 0 Å². The summed E-state index contributed by atoms with van der Waals surface area (Å²) in [5.74, 6) is -1.19. The highest BCUT2D eigenvalue weighted by Gasteiger charge is 2.23. The Morgan fingerprint density at radius 1 is 1.38 bits per heavy atom. The predicted molar refractivity (Wildman–Crippen MR) is 87.6 cm³/mol. The lowest BCUT2D eigenvalue weighted by Gasteiger charge is -2.20. The van der Waals surface area contributed by atoms with Gasteiger partial charge in [0.05, 0.1) is 0 Å². The Morgan fingerprint density at radius 2 is 2.00 bits per heavy atom. The van der Waals surface area contributed by atoms with Gasteiger partial charge >= 0.3 is 5.97 Å². The SMILES string of the molecule is CCOC(C(C)C)[PH](=O)CC(=CCCCN(C)C)C(=O)O. The first-order valence-corrected chi connectivity index (χ1v) is 9.20. The second-order valence-corrected chi connectivity index (χ2v) is 7.60. The summed E-state index contributed by atoms with van der Waals surface area (Å²) in [6.07, 6.45) is 3.41. The zero-order valence-corrected chi connectivity index (χ0v) is 14.9. The maximum Gasteiger partial charge on any atom is 0.331 e. The highest BCUT2D eigenvalue weighted by molar-refractivity contribution is 7.45. The minimum atomic E-state index is -2.12. The molecule has 6 heteroatoms. The largest absolute Gasteiger partial charge is 0.478 e. The van der Waals surface area contributed by atoms with Gasteiger partial charge < -0.3 is 19.3 Å². The smallest absolute Gasteiger partial charge is 0.331 e. The van der Waals surface area contributed by atoms with Crippen molar-refractivity contribution in [3.05, 3.63) is 11.6 Å². The van der Waals surface area contributed by atoms with E-state index in [9.17, 15) is 14.5 Å². The minimum absolute atomic E-state index is 0.116. The molecule has 2 unspecified atom stereocenters. The maximum absolute atomic E-state index is 12.4. The molecule has 0 heterocycles. The molecule has 21 heavy (non-hydrogen) atoms. The van der Waals surface area contributed by atoms with E-state index in [1.807, 2.05) is 34.9 Å². The molecule has 0 bridgehead atoms. The van der Waals surface area contributed by atoms with Gasteiger partial charge in [0.15, 0.2) is 0 Å². The van der Waals surface area contributed by atoms with Gasteiger partial charge in [0.25, 0.3) is 0 Å². The van der Waals surface area contributed by atoms with Crippen LogP contribution in [0.5, 0.6) is 0 Å². The summed E-state index contributed by atoms with van der Waals surface area (Å²) in [7, 11) is 1.85. The summed E-state index contributed by atoms with van der Waals surface area (Å²) in [4.78, 5) is 13.3. The van der Waals surface area contributed by atoms with Crippen molar-refractivity contribution in [3.63, 3.8) is 0 Å². The molecule has 0 aliphatic heterocycles. The van der Waals surface area contributed by atoms with Gasteiger partial charge in [-0.05, 0) is 46.3 Å². The molecule has 0 aliphatic carbocycles. The molecule has 1 N–H and O–H groups in total. The zero-order chi connectivity index (χ0) is 16.4. The van der Waals surface area contributed by atoms with Gasteiger partial charge in [-0.3, -0.25) is 0 Å². The van der Waals surface area contributed by atoms with Crippen molar-refractivity contribution in [2.24, 2.45) is 5.92 Å². The maximum atomic E-state index is 12.4. The van der Waals surface area contributed by atoms with Gasteiger partial charge in [-0.1, -0.05) is 19.9 Å². The Bertz CT molecular complexity index is 367. The first-order chi connectivity index (χ1) is 9.79. The Labute approximate surface area is 129 Å². The number of aliphatic carboxylic acids is 1. The van der Waals surface area contributed by atoms with Gasteiger partial charge in [-0.25, -0.2) is 4.79 Å². The third-order valence-electron chi connectivity index (χ3n) is 3.11. The average Bonchev–Trinajstić information content (AvgIpc) is 2.38. The van der Waals surface area contributed by atoms with Crippen LogP contribution in [-0.4, -0.2) is 55.2 Å². The molecule has 0 radical (unpaired) electrons. The number of allylic oxidation sites excluding steroid dienone is 1. The fraction of sp³-hybridized carbons (Fsp3) is 0.800. The number of unbranched alkanes of at least 4 members (excludes halogenated alkanes) is 1. The van der Waals surface area contributed by atoms with E-state index < -0.39 is 13.8 Å². The van der Waals surface area contributed by atoms with Crippen LogP contribution in [0.3, 0.4) is 0 Å². The Balaban J connectivity index is 4.64. The number of rotatable bonds is 11. The van der Waals surface area contributed by atoms with Gasteiger partial charge in [0.1, 0.15) is 13.6 Å². The molecular formula is C15H30NO4P. The molecule has 0 aromatic rings. The summed E-state index contributed by atoms with van der Waals surface area (Å²) in [6, 6.07) is 0. The lowest BCUT2D eigenvalue weighted by atomic mass is 10.2. The van der Waals surface area contributed by atoms with E-state index in [0.29, 0.717) is 13.0 Å². The van der Waals surface area contributed by atoms with Crippen LogP contribution in [0.4, 0.5) is 0 Å². The number of carbonyl (C=O) groups is 1. The van der Waals surface area contributed by atoms with E-state index in [-0.39, 0.29) is 23.5 Å². The molecule has 2 atom stereocenters. The van der Waals surface area contributed by atoms with Gasteiger partial charge in [-0.15, -0.1) is 0 Å². The van der Waals surface area contributed by atoms with Crippen LogP contribution < -0.4 is 0 Å². The van der Waals surface area contributed by atoms with E-state index in [1.165, 1.54) is 0 Å². The first-order valence-electron chi connectivity index (χ1n) is 7.50. The van der Waals surface area contributed by atoms with Gasteiger partial charge in [0, 0.05) is 18.3 Å². The van der Waals surface area contributed by atoms with Crippen LogP contribution in [0.2, 0.25) is 0 Å². The third kappa shape index (κ3) is 9.07. The highest BCUT2D eigenvalue weighted by Crippen LogP contribution is 2.36. The zero-order valence-electron chi connectivity index (χ0n) is 13.9. The van der Waals surface area contributed by atoms with E-state index in [2.05, 4.69) is 4.90 Å². The van der Waals surface area contributed by atoms with Crippen LogP contribution in [0, 0.1) is 5.92 Å². The van der Waals surface area contributed by atoms with Gasteiger partial charge in [-0.2, -0.15) is 0 Å². The summed E-state index contributed by atoms with van der Waals surface area (Å²) >= 11 is 0. The molecule has 0 aromatic heterocycles. The van der Waals surface area contributed by atoms with Crippen molar-refractivity contribution in [1.29, 1.82) is 0 Å². The molecule has 0 saturated heterocycles. The van der Waals surface area contributed by atoms with Crippen molar-refractivity contribution in [2.75, 3.05) is 33.4 Å². The predicted octanol–water partition coefficient (Wildman–Crippen LogP) is 2.92. The minimum Gasteiger partial charge on any atom is -0.478 e. The monoisotopic (exact) mass is 319 g/mol. The van der Waals surface area contributed by atoms with Crippen molar-refractivity contribution >= 4 is 13.8 Å². The standard InChI is InChI=1S/C15H30NO4P/c1-6-20-15(12(2)3)21(19)11-13(14(17)18)9-7-8-10-16(4)5/h9,12,15,21H,6-8,10-11H2,1-5H3,(H,17,18). The number of nitrogens with zero attached hydrogens (tertiary/aromatic N) is 1. The van der Waals surface area contributed by atoms with Crippen LogP contribution in [0.1, 0.15) is 33.6 Å². The second-order valence-electron chi connectivity index (χ2n) is 5.74. The van der Waals surface area contributed by atoms with Crippen LogP contribution >= 0.6 is 7.80 Å². The molecule has 0 fully saturated rings. The Hall–Kier alpha value is -0.640. The number of carboxylic acid groups (broad SMARTS) is 1. The molecule has 124 valence electrons. The fourth-order valence-electron chi connectivity index (χ4n) is 2.04. The fourth-order valence-corrected chi connectivity index (χ4v) is 4.01. The van der Waals surface area contributed by atoms with E-state index >= 15 is 0 Å². The van der Waals surface area contributed by atoms with E-state index in [1.54, 1.807) is 6.08 Å². The molecule has 0 aliphatic rings. The highest BCUT2D eigenvalue weighted by atomic mass is 31.1. The van der Waals surface area contributed by atoms with Crippen molar-refractivity contribution in [1.82, 2.24) is 4.90 Å². The summed E-state index contributed by atoms with van der Waals surface area (Å²) in [6.45, 7) is 7.16. The normalized spacial score (nSPS) is 15.5.